The number of oxazole rings is 1. The summed E-state index contributed by atoms with van der Waals surface area (Å²) in [6, 6.07) is 6.03. The van der Waals surface area contributed by atoms with E-state index in [1.165, 1.54) is 0 Å². The molecule has 2 heterocycles. The van der Waals surface area contributed by atoms with Crippen LogP contribution in [0.15, 0.2) is 28.8 Å². The van der Waals surface area contributed by atoms with Gasteiger partial charge in [-0.2, -0.15) is 0 Å². The van der Waals surface area contributed by atoms with Crippen LogP contribution in [-0.4, -0.2) is 16.5 Å². The molecule has 0 atom stereocenters. The van der Waals surface area contributed by atoms with E-state index in [2.05, 4.69) is 9.97 Å². The van der Waals surface area contributed by atoms with E-state index < -0.39 is 0 Å². The topological polar surface area (TPSA) is 64.9 Å². The molecular formula is C13H13N3OS. The molecule has 0 unspecified atom stereocenters. The molecule has 0 spiro atoms. The predicted molar refractivity (Wildman–Crippen MR) is 72.6 cm³/mol. The van der Waals surface area contributed by atoms with Crippen LogP contribution in [0.25, 0.3) is 21.5 Å². The maximum Gasteiger partial charge on any atom is 0.192 e. The number of aryl methyl sites for hydroxylation is 1. The number of hydrogen-bond acceptors (Lipinski definition) is 5. The minimum absolute atomic E-state index is 0.632. The highest BCUT2D eigenvalue weighted by molar-refractivity contribution is 7.15. The first-order valence-corrected chi connectivity index (χ1v) is 6.60. The van der Waals surface area contributed by atoms with E-state index >= 15 is 0 Å². The van der Waals surface area contributed by atoms with Crippen molar-refractivity contribution in [2.24, 2.45) is 5.73 Å². The number of hydrogen-bond donors (Lipinski definition) is 1. The van der Waals surface area contributed by atoms with Gasteiger partial charge in [0, 0.05) is 19.5 Å². The quantitative estimate of drug-likeness (QED) is 0.785. The van der Waals surface area contributed by atoms with Gasteiger partial charge in [0.25, 0.3) is 0 Å². The van der Waals surface area contributed by atoms with Crippen LogP contribution < -0.4 is 5.73 Å². The summed E-state index contributed by atoms with van der Waals surface area (Å²) in [5.74, 6) is 0.690. The van der Waals surface area contributed by atoms with Crippen LogP contribution in [0.3, 0.4) is 0 Å². The highest BCUT2D eigenvalue weighted by Crippen LogP contribution is 2.29. The van der Waals surface area contributed by atoms with E-state index in [0.29, 0.717) is 12.4 Å². The zero-order valence-corrected chi connectivity index (χ0v) is 10.8. The molecule has 2 N–H and O–H groups in total. The number of rotatable bonds is 3. The first kappa shape index (κ1) is 11.4. The van der Waals surface area contributed by atoms with Gasteiger partial charge >= 0.3 is 0 Å². The monoisotopic (exact) mass is 259 g/mol. The molecule has 0 amide bonds. The summed E-state index contributed by atoms with van der Waals surface area (Å²) in [5.41, 5.74) is 8.35. The number of aromatic nitrogens is 2. The van der Waals surface area contributed by atoms with Crippen LogP contribution in [0, 0.1) is 6.92 Å². The lowest BCUT2D eigenvalue weighted by Gasteiger charge is -1.95. The fourth-order valence-electron chi connectivity index (χ4n) is 1.88. The Kier molecular flexibility index (Phi) is 2.85. The van der Waals surface area contributed by atoms with Gasteiger partial charge in [-0.15, -0.1) is 11.3 Å². The van der Waals surface area contributed by atoms with Crippen molar-refractivity contribution in [1.82, 2.24) is 9.97 Å². The Hall–Kier alpha value is -1.72. The van der Waals surface area contributed by atoms with E-state index in [1.54, 1.807) is 11.3 Å². The Balaban J connectivity index is 2.01. The fraction of sp³-hybridized carbons (Fsp3) is 0.231. The summed E-state index contributed by atoms with van der Waals surface area (Å²) < 4.78 is 5.54. The molecule has 0 saturated carbocycles. The lowest BCUT2D eigenvalue weighted by molar-refractivity contribution is 0.561. The van der Waals surface area contributed by atoms with E-state index in [1.807, 2.05) is 31.3 Å². The largest absolute Gasteiger partial charge is 0.441 e. The van der Waals surface area contributed by atoms with Gasteiger partial charge in [0.05, 0.1) is 9.88 Å². The van der Waals surface area contributed by atoms with Crippen molar-refractivity contribution in [3.05, 3.63) is 35.3 Å². The Morgan fingerprint density at radius 3 is 3.11 bits per heavy atom. The van der Waals surface area contributed by atoms with Crippen LogP contribution in [0.1, 0.15) is 10.9 Å². The standard InChI is InChI=1S/C13H13N3OS/c1-8-16-10-3-2-9(6-11(10)17-8)12-7-15-13(18-12)4-5-14/h2-3,6-7H,4-5,14H2,1H3. The first-order chi connectivity index (χ1) is 8.76. The van der Waals surface area contributed by atoms with Crippen LogP contribution in [-0.2, 0) is 6.42 Å². The lowest BCUT2D eigenvalue weighted by Crippen LogP contribution is -2.01. The molecule has 0 aliphatic carbocycles. The second-order valence-corrected chi connectivity index (χ2v) is 5.19. The predicted octanol–water partition coefficient (Wildman–Crippen LogP) is 2.76. The molecule has 3 aromatic rings. The number of fused-ring (bicyclic) bond motifs is 1. The van der Waals surface area contributed by atoms with Gasteiger partial charge in [0.1, 0.15) is 5.52 Å². The minimum Gasteiger partial charge on any atom is -0.441 e. The molecule has 0 saturated heterocycles. The Labute approximate surface area is 108 Å². The molecule has 92 valence electrons. The number of thiazole rings is 1. The maximum atomic E-state index is 5.54. The molecular weight excluding hydrogens is 246 g/mol. The third-order valence-electron chi connectivity index (χ3n) is 2.69. The van der Waals surface area contributed by atoms with Crippen molar-refractivity contribution < 1.29 is 4.42 Å². The molecule has 0 radical (unpaired) electrons. The van der Waals surface area contributed by atoms with Gasteiger partial charge in [-0.3, -0.25) is 0 Å². The summed E-state index contributed by atoms with van der Waals surface area (Å²) in [6.45, 7) is 2.49. The van der Waals surface area contributed by atoms with Gasteiger partial charge in [-0.05, 0) is 24.2 Å². The van der Waals surface area contributed by atoms with Gasteiger partial charge in [0.2, 0.25) is 0 Å². The molecule has 1 aromatic carbocycles. The Morgan fingerprint density at radius 2 is 2.28 bits per heavy atom. The molecule has 0 fully saturated rings. The third-order valence-corrected chi connectivity index (χ3v) is 3.80. The first-order valence-electron chi connectivity index (χ1n) is 5.78. The van der Waals surface area contributed by atoms with E-state index in [4.69, 9.17) is 10.2 Å². The second-order valence-electron chi connectivity index (χ2n) is 4.07. The highest BCUT2D eigenvalue weighted by atomic mass is 32.1. The van der Waals surface area contributed by atoms with E-state index in [0.717, 1.165) is 33.0 Å². The van der Waals surface area contributed by atoms with Crippen molar-refractivity contribution in [1.29, 1.82) is 0 Å². The van der Waals surface area contributed by atoms with E-state index in [9.17, 15) is 0 Å². The zero-order valence-electron chi connectivity index (χ0n) is 10.0. The summed E-state index contributed by atoms with van der Waals surface area (Å²) in [4.78, 5) is 9.78. The van der Waals surface area contributed by atoms with E-state index in [-0.39, 0.29) is 0 Å². The maximum absolute atomic E-state index is 5.54. The number of benzene rings is 1. The van der Waals surface area contributed by atoms with Gasteiger partial charge in [-0.1, -0.05) is 6.07 Å². The Bertz CT molecular complexity index is 686. The van der Waals surface area contributed by atoms with Gasteiger partial charge < -0.3 is 10.2 Å². The molecule has 5 heteroatoms. The van der Waals surface area contributed by atoms with Gasteiger partial charge in [-0.25, -0.2) is 9.97 Å². The van der Waals surface area contributed by atoms with Crippen LogP contribution in [0.5, 0.6) is 0 Å². The summed E-state index contributed by atoms with van der Waals surface area (Å²) in [5, 5.41) is 1.07. The second kappa shape index (κ2) is 4.51. The minimum atomic E-state index is 0.632. The molecule has 3 rings (SSSR count). The smallest absolute Gasteiger partial charge is 0.192 e. The fourth-order valence-corrected chi connectivity index (χ4v) is 2.81. The highest BCUT2D eigenvalue weighted by Gasteiger charge is 2.07. The lowest BCUT2D eigenvalue weighted by atomic mass is 10.2. The summed E-state index contributed by atoms with van der Waals surface area (Å²) in [7, 11) is 0. The molecule has 0 aliphatic heterocycles. The summed E-state index contributed by atoms with van der Waals surface area (Å²) in [6.07, 6.45) is 2.72. The molecule has 4 nitrogen and oxygen atoms in total. The van der Waals surface area contributed by atoms with Crippen molar-refractivity contribution in [3.8, 4) is 10.4 Å². The molecule has 0 bridgehead atoms. The summed E-state index contributed by atoms with van der Waals surface area (Å²) >= 11 is 1.67. The third kappa shape index (κ3) is 2.02. The van der Waals surface area contributed by atoms with Crippen molar-refractivity contribution in [2.45, 2.75) is 13.3 Å². The molecule has 18 heavy (non-hydrogen) atoms. The van der Waals surface area contributed by atoms with Crippen LogP contribution in [0.4, 0.5) is 0 Å². The zero-order chi connectivity index (χ0) is 12.5. The van der Waals surface area contributed by atoms with Crippen molar-refractivity contribution in [3.63, 3.8) is 0 Å². The Morgan fingerprint density at radius 1 is 1.39 bits per heavy atom. The number of nitrogens with two attached hydrogens (primary N) is 1. The average molecular weight is 259 g/mol. The van der Waals surface area contributed by atoms with Crippen molar-refractivity contribution >= 4 is 22.4 Å². The molecule has 0 aliphatic rings. The average Bonchev–Trinajstić information content (AvgIpc) is 2.93. The van der Waals surface area contributed by atoms with Gasteiger partial charge in [0.15, 0.2) is 11.5 Å². The molecule has 2 aromatic heterocycles. The van der Waals surface area contributed by atoms with Crippen molar-refractivity contribution in [2.75, 3.05) is 6.54 Å². The SMILES string of the molecule is Cc1nc2ccc(-c3cnc(CCN)s3)cc2o1. The normalized spacial score (nSPS) is 11.2. The van der Waals surface area contributed by atoms with Crippen LogP contribution >= 0.6 is 11.3 Å². The van der Waals surface area contributed by atoms with Crippen LogP contribution in [0.2, 0.25) is 0 Å². The number of nitrogens with zero attached hydrogens (tertiary/aromatic N) is 2.